The monoisotopic (exact) mass is 414 g/mol. The molecule has 0 saturated carbocycles. The fourth-order valence-corrected chi connectivity index (χ4v) is 5.74. The van der Waals surface area contributed by atoms with Crippen molar-refractivity contribution in [2.45, 2.75) is 45.0 Å². The molecule has 0 unspecified atom stereocenters. The number of furan rings is 1. The maximum atomic E-state index is 12.9. The van der Waals surface area contributed by atoms with E-state index < -0.39 is 47.6 Å². The minimum absolute atomic E-state index is 0.0375. The first kappa shape index (κ1) is 19.1. The molecule has 8 nitrogen and oxygen atoms in total. The summed E-state index contributed by atoms with van der Waals surface area (Å²) in [5.74, 6) is -2.40. The third-order valence-electron chi connectivity index (χ3n) is 6.95. The Morgan fingerprint density at radius 3 is 2.80 bits per heavy atom. The van der Waals surface area contributed by atoms with Crippen LogP contribution in [0.25, 0.3) is 0 Å². The average molecular weight is 414 g/mol. The summed E-state index contributed by atoms with van der Waals surface area (Å²) in [6.07, 6.45) is 2.84. The van der Waals surface area contributed by atoms with Gasteiger partial charge in [-0.1, -0.05) is 5.57 Å². The molecule has 2 fully saturated rings. The van der Waals surface area contributed by atoms with Crippen LogP contribution in [-0.2, 0) is 28.6 Å². The number of allylic oxidation sites excluding steroid dienone is 1. The van der Waals surface area contributed by atoms with Gasteiger partial charge in [0.2, 0.25) is 0 Å². The Labute approximate surface area is 172 Å². The van der Waals surface area contributed by atoms with Gasteiger partial charge < -0.3 is 23.7 Å². The second-order valence-electron chi connectivity index (χ2n) is 8.45. The Morgan fingerprint density at radius 1 is 1.30 bits per heavy atom. The highest BCUT2D eigenvalue weighted by Crippen LogP contribution is 2.59. The van der Waals surface area contributed by atoms with Gasteiger partial charge in [0, 0.05) is 24.5 Å². The van der Waals surface area contributed by atoms with Crippen LogP contribution in [0.2, 0.25) is 0 Å². The fourth-order valence-electron chi connectivity index (χ4n) is 5.74. The van der Waals surface area contributed by atoms with Crippen molar-refractivity contribution in [3.8, 4) is 0 Å². The van der Waals surface area contributed by atoms with Crippen LogP contribution in [0.3, 0.4) is 0 Å². The van der Waals surface area contributed by atoms with E-state index in [-0.39, 0.29) is 18.9 Å². The maximum Gasteiger partial charge on any atom is 0.334 e. The highest BCUT2D eigenvalue weighted by Gasteiger charge is 2.63. The highest BCUT2D eigenvalue weighted by atomic mass is 16.6. The highest BCUT2D eigenvalue weighted by molar-refractivity contribution is 5.93. The topological polar surface area (TPSA) is 112 Å². The summed E-state index contributed by atoms with van der Waals surface area (Å²) in [4.78, 5) is 37.4. The number of esters is 3. The van der Waals surface area contributed by atoms with E-state index in [0.717, 1.165) is 11.1 Å². The van der Waals surface area contributed by atoms with Gasteiger partial charge in [0.15, 0.2) is 6.10 Å². The van der Waals surface area contributed by atoms with Gasteiger partial charge in [0.25, 0.3) is 0 Å². The fraction of sp³-hybridized carbons (Fsp3) is 0.500. The largest absolute Gasteiger partial charge is 0.472 e. The van der Waals surface area contributed by atoms with Gasteiger partial charge >= 0.3 is 17.9 Å². The van der Waals surface area contributed by atoms with Crippen LogP contribution in [-0.4, -0.2) is 41.8 Å². The van der Waals surface area contributed by atoms with Crippen LogP contribution in [0.1, 0.15) is 38.4 Å². The van der Waals surface area contributed by atoms with Crippen LogP contribution < -0.4 is 0 Å². The summed E-state index contributed by atoms with van der Waals surface area (Å²) in [6.45, 7) is 3.24. The van der Waals surface area contributed by atoms with E-state index >= 15 is 0 Å². The quantitative estimate of drug-likeness (QED) is 0.444. The van der Waals surface area contributed by atoms with Crippen molar-refractivity contribution in [2.75, 3.05) is 6.61 Å². The molecule has 2 saturated heterocycles. The Bertz CT molecular complexity index is 987. The third kappa shape index (κ3) is 2.52. The van der Waals surface area contributed by atoms with Gasteiger partial charge in [0.05, 0.1) is 30.0 Å². The van der Waals surface area contributed by atoms with Crippen molar-refractivity contribution >= 4 is 17.9 Å². The van der Waals surface area contributed by atoms with E-state index in [1.165, 1.54) is 25.5 Å². The molecule has 1 aromatic heterocycles. The zero-order chi connectivity index (χ0) is 21.2. The van der Waals surface area contributed by atoms with Crippen molar-refractivity contribution < 1.29 is 38.1 Å². The van der Waals surface area contributed by atoms with Crippen LogP contribution in [0.15, 0.2) is 45.8 Å². The Balaban J connectivity index is 1.72. The second-order valence-corrected chi connectivity index (χ2v) is 8.45. The third-order valence-corrected chi connectivity index (χ3v) is 6.95. The Hall–Kier alpha value is -2.87. The van der Waals surface area contributed by atoms with Crippen LogP contribution >= 0.6 is 0 Å². The number of rotatable bonds is 2. The van der Waals surface area contributed by atoms with Crippen molar-refractivity contribution in [1.29, 1.82) is 0 Å². The number of aliphatic hydroxyl groups excluding tert-OH is 1. The van der Waals surface area contributed by atoms with E-state index in [1.807, 2.05) is 6.92 Å². The van der Waals surface area contributed by atoms with E-state index in [9.17, 15) is 19.5 Å². The summed E-state index contributed by atoms with van der Waals surface area (Å²) in [5, 5.41) is 10.5. The molecule has 1 spiro atoms. The number of cyclic esters (lactones) is 2. The molecule has 1 aromatic rings. The van der Waals surface area contributed by atoms with Crippen molar-refractivity contribution in [3.05, 3.63) is 47.0 Å². The molecule has 0 bridgehead atoms. The standard InChI is InChI=1S/C22H22O8/c1-10-15-5-13(24)6-16-21(26)28-9-22(15,16)17(29-11(2)23)7-14-18(10)19(30-20(14)25)12-3-4-27-8-12/h3-4,6,8,13-15,17,19,24H,5,7,9H2,1-2H3/t13-,14+,15+,17+,19-,22-/m0/s1. The normalized spacial score (nSPS) is 37.4. The Kier molecular flexibility index (Phi) is 4.18. The SMILES string of the molecule is CC(=O)O[C@@H]1C[C@H]2C(=O)O[C@@H](c3ccoc3)C2=C(C)[C@H]2C[C@H](O)C=C3C(=O)OC[C@@]321. The van der Waals surface area contributed by atoms with Crippen molar-refractivity contribution in [3.63, 3.8) is 0 Å². The number of carbonyl (C=O) groups is 3. The Morgan fingerprint density at radius 2 is 2.10 bits per heavy atom. The summed E-state index contributed by atoms with van der Waals surface area (Å²) in [7, 11) is 0. The van der Waals surface area contributed by atoms with E-state index in [4.69, 9.17) is 18.6 Å². The number of fused-ring (bicyclic) bond motifs is 1. The molecule has 30 heavy (non-hydrogen) atoms. The molecule has 2 aliphatic heterocycles. The van der Waals surface area contributed by atoms with Crippen molar-refractivity contribution in [1.82, 2.24) is 0 Å². The molecule has 5 rings (SSSR count). The molecule has 8 heteroatoms. The number of hydrogen-bond donors (Lipinski definition) is 1. The zero-order valence-electron chi connectivity index (χ0n) is 16.6. The van der Waals surface area contributed by atoms with Gasteiger partial charge in [-0.25, -0.2) is 4.79 Å². The van der Waals surface area contributed by atoms with Gasteiger partial charge in [-0.15, -0.1) is 0 Å². The van der Waals surface area contributed by atoms with Crippen LogP contribution in [0.4, 0.5) is 0 Å². The molecule has 1 N–H and O–H groups in total. The molecule has 0 radical (unpaired) electrons. The number of hydrogen-bond acceptors (Lipinski definition) is 8. The summed E-state index contributed by atoms with van der Waals surface area (Å²) in [5.41, 5.74) is 1.74. The zero-order valence-corrected chi connectivity index (χ0v) is 16.6. The lowest BCUT2D eigenvalue weighted by molar-refractivity contribution is -0.159. The number of carbonyl (C=O) groups excluding carboxylic acids is 3. The van der Waals surface area contributed by atoms with E-state index in [2.05, 4.69) is 0 Å². The smallest absolute Gasteiger partial charge is 0.334 e. The van der Waals surface area contributed by atoms with Crippen LogP contribution in [0.5, 0.6) is 0 Å². The first-order valence-electron chi connectivity index (χ1n) is 10.0. The first-order valence-corrected chi connectivity index (χ1v) is 10.0. The predicted molar refractivity (Wildman–Crippen MR) is 99.5 cm³/mol. The lowest BCUT2D eigenvalue weighted by Gasteiger charge is -2.44. The molecular weight excluding hydrogens is 392 g/mol. The molecule has 2 aliphatic carbocycles. The summed E-state index contributed by atoms with van der Waals surface area (Å²) >= 11 is 0. The lowest BCUT2D eigenvalue weighted by atomic mass is 9.60. The molecule has 158 valence electrons. The molecule has 4 aliphatic rings. The minimum atomic E-state index is -0.940. The van der Waals surface area contributed by atoms with Crippen molar-refractivity contribution in [2.24, 2.45) is 17.3 Å². The molecule has 6 atom stereocenters. The maximum absolute atomic E-state index is 12.9. The average Bonchev–Trinajstić information content (AvgIpc) is 3.38. The summed E-state index contributed by atoms with van der Waals surface area (Å²) in [6, 6.07) is 1.74. The molecular formula is C22H22O8. The van der Waals surface area contributed by atoms with E-state index in [1.54, 1.807) is 6.07 Å². The summed E-state index contributed by atoms with van der Waals surface area (Å²) < 4.78 is 22.0. The second kappa shape index (κ2) is 6.57. The molecule has 0 aromatic carbocycles. The molecule has 3 heterocycles. The first-order chi connectivity index (χ1) is 14.3. The van der Waals surface area contributed by atoms with Crippen LogP contribution in [0, 0.1) is 17.3 Å². The number of aliphatic hydroxyl groups is 1. The lowest BCUT2D eigenvalue weighted by Crippen LogP contribution is -2.49. The predicted octanol–water partition coefficient (Wildman–Crippen LogP) is 2.00. The van der Waals surface area contributed by atoms with Gasteiger partial charge in [-0.3, -0.25) is 9.59 Å². The molecule has 0 amide bonds. The van der Waals surface area contributed by atoms with E-state index in [0.29, 0.717) is 17.6 Å². The number of ether oxygens (including phenoxy) is 3. The van der Waals surface area contributed by atoms with Gasteiger partial charge in [-0.05, 0) is 37.0 Å². The minimum Gasteiger partial charge on any atom is -0.472 e. The van der Waals surface area contributed by atoms with Gasteiger partial charge in [0.1, 0.15) is 12.7 Å². The van der Waals surface area contributed by atoms with Gasteiger partial charge in [-0.2, -0.15) is 0 Å².